The molecule has 2 heteroatoms. The molecule has 0 aromatic rings. The molecule has 0 aromatic carbocycles. The molecule has 0 spiro atoms. The van der Waals surface area contributed by atoms with Crippen LogP contribution >= 0.6 is 15.9 Å². The Kier molecular flexibility index (Phi) is 3.73. The maximum absolute atomic E-state index is 4.35. The van der Waals surface area contributed by atoms with Gasteiger partial charge in [-0.1, -0.05) is 19.1 Å². The molecule has 1 rings (SSSR count). The van der Waals surface area contributed by atoms with E-state index in [-0.39, 0.29) is 0 Å². The number of aliphatic imine (C=N–C) groups is 1. The molecule has 0 aromatic heterocycles. The second-order valence-corrected chi connectivity index (χ2v) is 4.03. The monoisotopic (exact) mass is 227 g/mol. The highest BCUT2D eigenvalue weighted by atomic mass is 79.9. The largest absolute Gasteiger partial charge is 0.265 e. The Labute approximate surface area is 82.4 Å². The maximum atomic E-state index is 4.35. The lowest BCUT2D eigenvalue weighted by molar-refractivity contribution is 0.412. The van der Waals surface area contributed by atoms with Gasteiger partial charge in [-0.25, -0.2) is 0 Å². The Morgan fingerprint density at radius 3 is 2.67 bits per heavy atom. The Hall–Kier alpha value is -0.370. The highest BCUT2D eigenvalue weighted by Gasteiger charge is 2.19. The van der Waals surface area contributed by atoms with Crippen LogP contribution in [0.25, 0.3) is 0 Å². The minimum Gasteiger partial charge on any atom is -0.265 e. The standard InChI is InChI=1S/C10H14BrN/c1-3-10(11)7-12-8(2)9-5-4-6-9/h3,7,9H,1,4-6H2,2H3/b10-7+,12-8+. The van der Waals surface area contributed by atoms with E-state index in [2.05, 4.69) is 34.4 Å². The average Bonchev–Trinajstić information content (AvgIpc) is 1.97. The van der Waals surface area contributed by atoms with E-state index in [1.165, 1.54) is 25.0 Å². The van der Waals surface area contributed by atoms with Gasteiger partial charge in [0.05, 0.1) is 0 Å². The lowest BCUT2D eigenvalue weighted by Gasteiger charge is -2.24. The van der Waals surface area contributed by atoms with Gasteiger partial charge in [0.15, 0.2) is 0 Å². The SMILES string of the molecule is C=C/C(Br)=C\N=C(/C)C1CCC1. The summed E-state index contributed by atoms with van der Waals surface area (Å²) >= 11 is 3.33. The van der Waals surface area contributed by atoms with Gasteiger partial charge in [-0.3, -0.25) is 4.99 Å². The third-order valence-corrected chi connectivity index (χ3v) is 2.81. The molecular weight excluding hydrogens is 214 g/mol. The first-order chi connectivity index (χ1) is 5.74. The first kappa shape index (κ1) is 9.72. The van der Waals surface area contributed by atoms with E-state index in [1.54, 1.807) is 6.08 Å². The lowest BCUT2D eigenvalue weighted by atomic mass is 9.82. The molecule has 0 saturated heterocycles. The van der Waals surface area contributed by atoms with Gasteiger partial charge in [-0.15, -0.1) is 0 Å². The Morgan fingerprint density at radius 2 is 2.25 bits per heavy atom. The third kappa shape index (κ3) is 2.59. The van der Waals surface area contributed by atoms with Crippen molar-refractivity contribution in [3.05, 3.63) is 23.3 Å². The summed E-state index contributed by atoms with van der Waals surface area (Å²) in [4.78, 5) is 4.35. The average molecular weight is 228 g/mol. The summed E-state index contributed by atoms with van der Waals surface area (Å²) in [7, 11) is 0. The molecule has 0 radical (unpaired) electrons. The summed E-state index contributed by atoms with van der Waals surface area (Å²) in [5.41, 5.74) is 1.25. The molecule has 1 aliphatic carbocycles. The van der Waals surface area contributed by atoms with Gasteiger partial charge in [0.25, 0.3) is 0 Å². The first-order valence-corrected chi connectivity index (χ1v) is 5.05. The molecule has 1 nitrogen and oxygen atoms in total. The second kappa shape index (κ2) is 4.61. The lowest BCUT2D eigenvalue weighted by Crippen LogP contribution is -2.18. The predicted octanol–water partition coefficient (Wildman–Crippen LogP) is 3.67. The van der Waals surface area contributed by atoms with Crippen molar-refractivity contribution in [3.63, 3.8) is 0 Å². The van der Waals surface area contributed by atoms with Crippen LogP contribution in [-0.2, 0) is 0 Å². The van der Waals surface area contributed by atoms with Crippen molar-refractivity contribution in [2.24, 2.45) is 10.9 Å². The molecule has 0 atom stereocenters. The zero-order valence-corrected chi connectivity index (χ0v) is 8.97. The van der Waals surface area contributed by atoms with Crippen LogP contribution in [0, 0.1) is 5.92 Å². The molecule has 0 bridgehead atoms. The van der Waals surface area contributed by atoms with Gasteiger partial charge >= 0.3 is 0 Å². The van der Waals surface area contributed by atoms with E-state index in [0.29, 0.717) is 0 Å². The smallest absolute Gasteiger partial charge is 0.0409 e. The molecule has 1 aliphatic rings. The van der Waals surface area contributed by atoms with E-state index in [4.69, 9.17) is 0 Å². The van der Waals surface area contributed by atoms with Crippen LogP contribution in [0.1, 0.15) is 26.2 Å². The predicted molar refractivity (Wildman–Crippen MR) is 57.7 cm³/mol. The van der Waals surface area contributed by atoms with Crippen LogP contribution in [-0.4, -0.2) is 5.71 Å². The molecule has 1 fully saturated rings. The van der Waals surface area contributed by atoms with Gasteiger partial charge in [0.1, 0.15) is 0 Å². The Bertz CT molecular complexity index is 224. The molecule has 0 aliphatic heterocycles. The highest BCUT2D eigenvalue weighted by Crippen LogP contribution is 2.27. The molecule has 12 heavy (non-hydrogen) atoms. The molecule has 66 valence electrons. The van der Waals surface area contributed by atoms with Crippen LogP contribution in [0.5, 0.6) is 0 Å². The summed E-state index contributed by atoms with van der Waals surface area (Å²) < 4.78 is 0.946. The number of allylic oxidation sites excluding steroid dienone is 2. The third-order valence-electron chi connectivity index (χ3n) is 2.28. The van der Waals surface area contributed by atoms with E-state index >= 15 is 0 Å². The summed E-state index contributed by atoms with van der Waals surface area (Å²) in [5.74, 6) is 0.742. The van der Waals surface area contributed by atoms with Crippen LogP contribution in [0.15, 0.2) is 28.3 Å². The minimum atomic E-state index is 0.742. The van der Waals surface area contributed by atoms with Gasteiger partial charge in [0.2, 0.25) is 0 Å². The van der Waals surface area contributed by atoms with E-state index in [1.807, 2.05) is 6.20 Å². The van der Waals surface area contributed by atoms with Crippen molar-refractivity contribution < 1.29 is 0 Å². The van der Waals surface area contributed by atoms with Gasteiger partial charge < -0.3 is 0 Å². The van der Waals surface area contributed by atoms with Gasteiger partial charge in [-0.05, 0) is 41.6 Å². The summed E-state index contributed by atoms with van der Waals surface area (Å²) in [5, 5.41) is 0. The molecule has 0 N–H and O–H groups in total. The molecule has 0 unspecified atom stereocenters. The molecular formula is C10H14BrN. The van der Waals surface area contributed by atoms with Crippen molar-refractivity contribution in [3.8, 4) is 0 Å². The molecule has 0 amide bonds. The minimum absolute atomic E-state index is 0.742. The van der Waals surface area contributed by atoms with Crippen LogP contribution in [0.2, 0.25) is 0 Å². The topological polar surface area (TPSA) is 12.4 Å². The number of hydrogen-bond acceptors (Lipinski definition) is 1. The summed E-state index contributed by atoms with van der Waals surface area (Å²) in [6, 6.07) is 0. The molecule has 1 saturated carbocycles. The van der Waals surface area contributed by atoms with Gasteiger partial charge in [0, 0.05) is 16.4 Å². The van der Waals surface area contributed by atoms with Gasteiger partial charge in [-0.2, -0.15) is 0 Å². The zero-order valence-electron chi connectivity index (χ0n) is 7.39. The normalized spacial score (nSPS) is 20.5. The van der Waals surface area contributed by atoms with Crippen LogP contribution in [0.3, 0.4) is 0 Å². The fraction of sp³-hybridized carbons (Fsp3) is 0.500. The van der Waals surface area contributed by atoms with Crippen molar-refractivity contribution in [2.75, 3.05) is 0 Å². The number of rotatable bonds is 3. The van der Waals surface area contributed by atoms with Crippen molar-refractivity contribution >= 4 is 21.6 Å². The first-order valence-electron chi connectivity index (χ1n) is 4.26. The fourth-order valence-corrected chi connectivity index (χ4v) is 1.25. The number of nitrogens with zero attached hydrogens (tertiary/aromatic N) is 1. The highest BCUT2D eigenvalue weighted by molar-refractivity contribution is 9.11. The summed E-state index contributed by atoms with van der Waals surface area (Å²) in [6.07, 6.45) is 7.56. The quantitative estimate of drug-likeness (QED) is 0.516. The Morgan fingerprint density at radius 1 is 1.58 bits per heavy atom. The van der Waals surface area contributed by atoms with Crippen LogP contribution < -0.4 is 0 Å². The second-order valence-electron chi connectivity index (χ2n) is 3.12. The Balaban J connectivity index is 2.49. The molecule has 0 heterocycles. The fourth-order valence-electron chi connectivity index (χ4n) is 1.15. The summed E-state index contributed by atoms with van der Waals surface area (Å²) in [6.45, 7) is 5.73. The number of hydrogen-bond donors (Lipinski definition) is 0. The zero-order chi connectivity index (χ0) is 8.97. The van der Waals surface area contributed by atoms with Crippen molar-refractivity contribution in [2.45, 2.75) is 26.2 Å². The van der Waals surface area contributed by atoms with Crippen molar-refractivity contribution in [1.82, 2.24) is 0 Å². The van der Waals surface area contributed by atoms with Crippen molar-refractivity contribution in [1.29, 1.82) is 0 Å². The number of halogens is 1. The maximum Gasteiger partial charge on any atom is 0.0409 e. The van der Waals surface area contributed by atoms with E-state index < -0.39 is 0 Å². The van der Waals surface area contributed by atoms with E-state index in [9.17, 15) is 0 Å². The van der Waals surface area contributed by atoms with E-state index in [0.717, 1.165) is 10.4 Å². The van der Waals surface area contributed by atoms with Crippen LogP contribution in [0.4, 0.5) is 0 Å².